The van der Waals surface area contributed by atoms with Crippen LogP contribution >= 0.6 is 22.6 Å². The molecule has 1 N–H and O–H groups in total. The second-order valence-electron chi connectivity index (χ2n) is 2.79. The molecule has 0 unspecified atom stereocenters. The highest BCUT2D eigenvalue weighted by atomic mass is 127. The lowest BCUT2D eigenvalue weighted by Crippen LogP contribution is -2.18. The zero-order valence-corrected chi connectivity index (χ0v) is 10.1. The van der Waals surface area contributed by atoms with E-state index in [1.807, 2.05) is 24.3 Å². The van der Waals surface area contributed by atoms with Crippen molar-refractivity contribution in [2.24, 2.45) is 0 Å². The Morgan fingerprint density at radius 2 is 1.86 bits per heavy atom. The lowest BCUT2D eigenvalue weighted by Gasteiger charge is -2.09. The van der Waals surface area contributed by atoms with E-state index in [9.17, 15) is 5.11 Å². The maximum Gasteiger partial charge on any atom is 0.119 e. The van der Waals surface area contributed by atoms with Crippen LogP contribution in [0, 0.1) is 0 Å². The maximum atomic E-state index is 9.26. The predicted octanol–water partition coefficient (Wildman–Crippen LogP) is 1.87. The van der Waals surface area contributed by atoms with E-state index in [-0.39, 0.29) is 0 Å². The molecule has 0 radical (unpaired) electrons. The average Bonchev–Trinajstić information content (AvgIpc) is 2.26. The zero-order chi connectivity index (χ0) is 10.4. The standard InChI is InChI=1S/C10H13IO3/c1-13-9-2-4-10(5-3-9)14-7-8(12)6-11/h2-5,8,12H,6-7H2,1H3/t8-/m1/s1. The molecular weight excluding hydrogens is 295 g/mol. The van der Waals surface area contributed by atoms with Crippen molar-refractivity contribution in [3.63, 3.8) is 0 Å². The third kappa shape index (κ3) is 3.71. The van der Waals surface area contributed by atoms with Gasteiger partial charge in [-0.1, -0.05) is 22.6 Å². The molecule has 0 aliphatic carbocycles. The molecular formula is C10H13IO3. The predicted molar refractivity (Wildman–Crippen MR) is 63.4 cm³/mol. The molecule has 0 spiro atoms. The summed E-state index contributed by atoms with van der Waals surface area (Å²) >= 11 is 2.12. The van der Waals surface area contributed by atoms with Crippen LogP contribution in [-0.2, 0) is 0 Å². The molecule has 0 fully saturated rings. The van der Waals surface area contributed by atoms with Crippen molar-refractivity contribution in [2.75, 3.05) is 18.1 Å². The Kier molecular flexibility index (Phi) is 5.03. The lowest BCUT2D eigenvalue weighted by atomic mass is 10.3. The minimum atomic E-state index is -0.405. The molecule has 78 valence electrons. The van der Waals surface area contributed by atoms with Gasteiger partial charge in [0, 0.05) is 4.43 Å². The Hall–Kier alpha value is -0.490. The number of benzene rings is 1. The second-order valence-corrected chi connectivity index (χ2v) is 3.68. The molecule has 0 heterocycles. The van der Waals surface area contributed by atoms with E-state index in [2.05, 4.69) is 22.6 Å². The van der Waals surface area contributed by atoms with Crippen molar-refractivity contribution in [3.05, 3.63) is 24.3 Å². The maximum absolute atomic E-state index is 9.26. The topological polar surface area (TPSA) is 38.7 Å². The van der Waals surface area contributed by atoms with Crippen LogP contribution in [-0.4, -0.2) is 29.4 Å². The molecule has 1 atom stereocenters. The van der Waals surface area contributed by atoms with Gasteiger partial charge in [-0.15, -0.1) is 0 Å². The zero-order valence-electron chi connectivity index (χ0n) is 7.94. The van der Waals surface area contributed by atoms with Crippen LogP contribution < -0.4 is 9.47 Å². The van der Waals surface area contributed by atoms with E-state index in [1.54, 1.807) is 7.11 Å². The van der Waals surface area contributed by atoms with Crippen LogP contribution in [0.4, 0.5) is 0 Å². The number of hydrogen-bond acceptors (Lipinski definition) is 3. The Morgan fingerprint density at radius 1 is 1.29 bits per heavy atom. The molecule has 0 aliphatic heterocycles. The molecule has 0 amide bonds. The van der Waals surface area contributed by atoms with Crippen LogP contribution in [0.25, 0.3) is 0 Å². The lowest BCUT2D eigenvalue weighted by molar-refractivity contribution is 0.128. The second kappa shape index (κ2) is 6.08. The third-order valence-electron chi connectivity index (χ3n) is 1.68. The molecule has 1 aromatic rings. The summed E-state index contributed by atoms with van der Waals surface area (Å²) < 4.78 is 11.0. The van der Waals surface area contributed by atoms with E-state index in [0.29, 0.717) is 11.0 Å². The smallest absolute Gasteiger partial charge is 0.119 e. The van der Waals surface area contributed by atoms with Gasteiger partial charge in [-0.3, -0.25) is 0 Å². The van der Waals surface area contributed by atoms with Gasteiger partial charge in [-0.05, 0) is 24.3 Å². The summed E-state index contributed by atoms with van der Waals surface area (Å²) in [4.78, 5) is 0. The molecule has 1 rings (SSSR count). The van der Waals surface area contributed by atoms with Gasteiger partial charge in [0.2, 0.25) is 0 Å². The minimum Gasteiger partial charge on any atom is -0.497 e. The monoisotopic (exact) mass is 308 g/mol. The van der Waals surface area contributed by atoms with Gasteiger partial charge in [-0.25, -0.2) is 0 Å². The van der Waals surface area contributed by atoms with Crippen molar-refractivity contribution < 1.29 is 14.6 Å². The number of aliphatic hydroxyl groups excluding tert-OH is 1. The summed E-state index contributed by atoms with van der Waals surface area (Å²) in [5.41, 5.74) is 0. The fourth-order valence-corrected chi connectivity index (χ4v) is 1.16. The first kappa shape index (κ1) is 11.6. The van der Waals surface area contributed by atoms with Crippen LogP contribution in [0.5, 0.6) is 11.5 Å². The molecule has 14 heavy (non-hydrogen) atoms. The van der Waals surface area contributed by atoms with Crippen LogP contribution in [0.2, 0.25) is 0 Å². The third-order valence-corrected chi connectivity index (χ3v) is 2.70. The van der Waals surface area contributed by atoms with Crippen LogP contribution in [0.15, 0.2) is 24.3 Å². The van der Waals surface area contributed by atoms with Gasteiger partial charge in [0.25, 0.3) is 0 Å². The molecule has 0 aliphatic rings. The first-order chi connectivity index (χ1) is 6.76. The van der Waals surface area contributed by atoms with Gasteiger partial charge in [0.15, 0.2) is 0 Å². The summed E-state index contributed by atoms with van der Waals surface area (Å²) in [6, 6.07) is 7.29. The molecule has 3 nitrogen and oxygen atoms in total. The number of aliphatic hydroxyl groups is 1. The number of methoxy groups -OCH3 is 1. The van der Waals surface area contributed by atoms with Crippen molar-refractivity contribution in [2.45, 2.75) is 6.10 Å². The van der Waals surface area contributed by atoms with Gasteiger partial charge in [0.1, 0.15) is 18.1 Å². The van der Waals surface area contributed by atoms with Crippen LogP contribution in [0.1, 0.15) is 0 Å². The fourth-order valence-electron chi connectivity index (χ4n) is 0.909. The largest absolute Gasteiger partial charge is 0.497 e. The van der Waals surface area contributed by atoms with Gasteiger partial charge in [-0.2, -0.15) is 0 Å². The average molecular weight is 308 g/mol. The number of hydrogen-bond donors (Lipinski definition) is 1. The first-order valence-electron chi connectivity index (χ1n) is 4.27. The van der Waals surface area contributed by atoms with Gasteiger partial charge < -0.3 is 14.6 Å². The highest BCUT2D eigenvalue weighted by Gasteiger charge is 2.02. The van der Waals surface area contributed by atoms with Crippen molar-refractivity contribution >= 4 is 22.6 Å². The number of rotatable bonds is 5. The summed E-state index contributed by atoms with van der Waals surface area (Å²) in [6.07, 6.45) is -0.405. The summed E-state index contributed by atoms with van der Waals surface area (Å²) in [7, 11) is 1.62. The quantitative estimate of drug-likeness (QED) is 0.667. The Labute approximate surface area is 97.2 Å². The molecule has 0 saturated heterocycles. The highest BCUT2D eigenvalue weighted by Crippen LogP contribution is 2.17. The van der Waals surface area contributed by atoms with E-state index >= 15 is 0 Å². The highest BCUT2D eigenvalue weighted by molar-refractivity contribution is 14.1. The van der Waals surface area contributed by atoms with Crippen LogP contribution in [0.3, 0.4) is 0 Å². The molecule has 0 bridgehead atoms. The van der Waals surface area contributed by atoms with Crippen molar-refractivity contribution in [1.29, 1.82) is 0 Å². The van der Waals surface area contributed by atoms with Gasteiger partial charge >= 0.3 is 0 Å². The number of alkyl halides is 1. The number of halogens is 1. The minimum absolute atomic E-state index is 0.329. The molecule has 0 saturated carbocycles. The molecule has 0 aromatic heterocycles. The fraction of sp³-hybridized carbons (Fsp3) is 0.400. The Bertz CT molecular complexity index is 261. The summed E-state index contributed by atoms with van der Waals surface area (Å²) in [5.74, 6) is 1.54. The molecule has 1 aromatic carbocycles. The Balaban J connectivity index is 2.43. The van der Waals surface area contributed by atoms with E-state index in [0.717, 1.165) is 11.5 Å². The van der Waals surface area contributed by atoms with Crippen molar-refractivity contribution in [1.82, 2.24) is 0 Å². The Morgan fingerprint density at radius 3 is 2.36 bits per heavy atom. The summed E-state index contributed by atoms with van der Waals surface area (Å²) in [6.45, 7) is 0.329. The SMILES string of the molecule is COc1ccc(OC[C@H](O)CI)cc1. The normalized spacial score (nSPS) is 12.2. The van der Waals surface area contributed by atoms with Gasteiger partial charge in [0.05, 0.1) is 13.2 Å². The van der Waals surface area contributed by atoms with Crippen molar-refractivity contribution in [3.8, 4) is 11.5 Å². The van der Waals surface area contributed by atoms with E-state index in [4.69, 9.17) is 9.47 Å². The first-order valence-corrected chi connectivity index (χ1v) is 5.79. The van der Waals surface area contributed by atoms with E-state index in [1.165, 1.54) is 0 Å². The van der Waals surface area contributed by atoms with E-state index < -0.39 is 6.10 Å². The summed E-state index contributed by atoms with van der Waals surface area (Å²) in [5, 5.41) is 9.26. The number of ether oxygens (including phenoxy) is 2. The molecule has 4 heteroatoms.